The molecule has 4 rings (SSSR count). The maximum Gasteiger partial charge on any atom is 0.133 e. The van der Waals surface area contributed by atoms with Crippen molar-refractivity contribution < 1.29 is 4.79 Å². The molecule has 0 bridgehead atoms. The third kappa shape index (κ3) is 3.73. The Hall–Kier alpha value is -0.330. The number of rotatable bonds is 6. The van der Waals surface area contributed by atoms with Crippen molar-refractivity contribution in [2.24, 2.45) is 58.2 Å². The number of fused-ring (bicyclic) bond motifs is 5. The zero-order valence-electron chi connectivity index (χ0n) is 21.0. The van der Waals surface area contributed by atoms with Crippen molar-refractivity contribution in [3.8, 4) is 0 Å². The van der Waals surface area contributed by atoms with Gasteiger partial charge in [-0.1, -0.05) is 54.4 Å². The highest BCUT2D eigenvalue weighted by Gasteiger charge is 2.60. The lowest BCUT2D eigenvalue weighted by Crippen LogP contribution is -2.53. The van der Waals surface area contributed by atoms with Crippen molar-refractivity contribution in [2.75, 3.05) is 0 Å². The highest BCUT2D eigenvalue weighted by molar-refractivity contribution is 5.79. The van der Waals surface area contributed by atoms with Crippen LogP contribution in [0.4, 0.5) is 0 Å². The largest absolute Gasteiger partial charge is 0.300 e. The quantitative estimate of drug-likeness (QED) is 0.427. The number of ketones is 1. The average Bonchev–Trinajstić information content (AvgIpc) is 3.06. The molecule has 0 aromatic carbocycles. The first-order valence-electron chi connectivity index (χ1n) is 13.7. The molecule has 0 amide bonds. The van der Waals surface area contributed by atoms with E-state index < -0.39 is 0 Å². The second kappa shape index (κ2) is 8.55. The van der Waals surface area contributed by atoms with Gasteiger partial charge in [0.2, 0.25) is 0 Å². The van der Waals surface area contributed by atoms with E-state index in [1.807, 2.05) is 0 Å². The first-order valence-corrected chi connectivity index (χ1v) is 13.7. The van der Waals surface area contributed by atoms with Crippen LogP contribution in [-0.2, 0) is 4.79 Å². The summed E-state index contributed by atoms with van der Waals surface area (Å²) >= 11 is 0. The van der Waals surface area contributed by atoms with Crippen molar-refractivity contribution in [3.05, 3.63) is 0 Å². The standard InChI is InChI=1S/C29H50O/c1-7-21(19(2)3)9-8-20(4)25-12-13-26-24-11-10-22-18-23(30)14-16-28(22,5)27(24)15-17-29(25,26)6/h19-22,24-27H,7-18H2,1-6H3/t20-,21-,22-,24+,25-,26+,27+,28+,29-/m1/s1. The second-order valence-electron chi connectivity index (χ2n) is 13.1. The van der Waals surface area contributed by atoms with Crippen LogP contribution < -0.4 is 0 Å². The summed E-state index contributed by atoms with van der Waals surface area (Å²) in [6, 6.07) is 0. The van der Waals surface area contributed by atoms with E-state index in [0.717, 1.165) is 54.3 Å². The van der Waals surface area contributed by atoms with Gasteiger partial charge in [0.25, 0.3) is 0 Å². The summed E-state index contributed by atoms with van der Waals surface area (Å²) in [4.78, 5) is 12.1. The highest BCUT2D eigenvalue weighted by Crippen LogP contribution is 2.68. The van der Waals surface area contributed by atoms with Crippen LogP contribution in [-0.4, -0.2) is 5.78 Å². The summed E-state index contributed by atoms with van der Waals surface area (Å²) in [7, 11) is 0. The van der Waals surface area contributed by atoms with Gasteiger partial charge in [0.15, 0.2) is 0 Å². The van der Waals surface area contributed by atoms with Gasteiger partial charge in [-0.25, -0.2) is 0 Å². The maximum absolute atomic E-state index is 12.1. The Labute approximate surface area is 187 Å². The van der Waals surface area contributed by atoms with Gasteiger partial charge in [0.05, 0.1) is 0 Å². The summed E-state index contributed by atoms with van der Waals surface area (Å²) in [5, 5.41) is 0. The first kappa shape index (κ1) is 22.8. The summed E-state index contributed by atoms with van der Waals surface area (Å²) in [5.74, 6) is 7.67. The van der Waals surface area contributed by atoms with Gasteiger partial charge in [-0.15, -0.1) is 0 Å². The van der Waals surface area contributed by atoms with Gasteiger partial charge in [-0.3, -0.25) is 4.79 Å². The SMILES string of the molecule is CC[C@H](CC[C@@H](C)[C@H]1CC[C@H]2[C@@H]3CC[C@@H]4CC(=O)CC[C@]4(C)[C@H]3CC[C@]12C)C(C)C. The van der Waals surface area contributed by atoms with E-state index in [4.69, 9.17) is 0 Å². The molecule has 4 saturated carbocycles. The molecular weight excluding hydrogens is 364 g/mol. The van der Waals surface area contributed by atoms with E-state index in [9.17, 15) is 4.79 Å². The molecule has 4 aliphatic carbocycles. The zero-order valence-corrected chi connectivity index (χ0v) is 21.0. The molecule has 0 spiro atoms. The third-order valence-corrected chi connectivity index (χ3v) is 11.7. The Balaban J connectivity index is 1.45. The van der Waals surface area contributed by atoms with Crippen LogP contribution >= 0.6 is 0 Å². The molecule has 0 aromatic heterocycles. The topological polar surface area (TPSA) is 17.1 Å². The maximum atomic E-state index is 12.1. The summed E-state index contributed by atoms with van der Waals surface area (Å²) in [6.45, 7) is 15.1. The van der Waals surface area contributed by atoms with E-state index >= 15 is 0 Å². The fraction of sp³-hybridized carbons (Fsp3) is 0.966. The van der Waals surface area contributed by atoms with Gasteiger partial charge >= 0.3 is 0 Å². The lowest BCUT2D eigenvalue weighted by Gasteiger charge is -2.60. The number of Topliss-reactive ketones (excluding diaryl/α,β-unsaturated/α-hetero) is 1. The molecule has 1 heteroatoms. The molecule has 0 aromatic rings. The van der Waals surface area contributed by atoms with Gasteiger partial charge < -0.3 is 0 Å². The molecular formula is C29H50O. The summed E-state index contributed by atoms with van der Waals surface area (Å²) < 4.78 is 0. The fourth-order valence-corrected chi connectivity index (χ4v) is 9.71. The minimum absolute atomic E-state index is 0.466. The van der Waals surface area contributed by atoms with Crippen molar-refractivity contribution in [1.29, 1.82) is 0 Å². The predicted molar refractivity (Wildman–Crippen MR) is 127 cm³/mol. The van der Waals surface area contributed by atoms with Crippen LogP contribution in [0.25, 0.3) is 0 Å². The molecule has 9 atom stereocenters. The average molecular weight is 415 g/mol. The van der Waals surface area contributed by atoms with Crippen LogP contribution in [0.15, 0.2) is 0 Å². The van der Waals surface area contributed by atoms with Crippen molar-refractivity contribution in [2.45, 2.75) is 119 Å². The smallest absolute Gasteiger partial charge is 0.133 e. The molecule has 4 fully saturated rings. The van der Waals surface area contributed by atoms with E-state index in [1.54, 1.807) is 0 Å². The van der Waals surface area contributed by atoms with Gasteiger partial charge in [0.1, 0.15) is 5.78 Å². The normalized spacial score (nSPS) is 45.6. The van der Waals surface area contributed by atoms with Gasteiger partial charge in [-0.05, 0) is 110 Å². The number of hydrogen-bond acceptors (Lipinski definition) is 1. The second-order valence-corrected chi connectivity index (χ2v) is 13.1. The Morgan fingerprint density at radius 3 is 2.33 bits per heavy atom. The fourth-order valence-electron chi connectivity index (χ4n) is 9.71. The number of carbonyl (C=O) groups is 1. The Bertz CT molecular complexity index is 622. The molecule has 0 N–H and O–H groups in total. The molecule has 1 nitrogen and oxygen atoms in total. The molecule has 0 unspecified atom stereocenters. The third-order valence-electron chi connectivity index (χ3n) is 11.7. The molecule has 0 radical (unpaired) electrons. The summed E-state index contributed by atoms with van der Waals surface area (Å²) in [6.07, 6.45) is 15.8. The molecule has 0 heterocycles. The Morgan fingerprint density at radius 1 is 0.900 bits per heavy atom. The van der Waals surface area contributed by atoms with E-state index in [2.05, 4.69) is 41.5 Å². The van der Waals surface area contributed by atoms with E-state index in [1.165, 1.54) is 64.2 Å². The predicted octanol–water partition coefficient (Wildman–Crippen LogP) is 8.31. The first-order chi connectivity index (χ1) is 14.2. The van der Waals surface area contributed by atoms with Crippen LogP contribution in [0.3, 0.4) is 0 Å². The Kier molecular flexibility index (Phi) is 6.51. The van der Waals surface area contributed by atoms with Crippen LogP contribution in [0.1, 0.15) is 119 Å². The van der Waals surface area contributed by atoms with Crippen molar-refractivity contribution in [1.82, 2.24) is 0 Å². The van der Waals surface area contributed by atoms with Crippen LogP contribution in [0.5, 0.6) is 0 Å². The zero-order chi connectivity index (χ0) is 21.7. The minimum Gasteiger partial charge on any atom is -0.300 e. The molecule has 30 heavy (non-hydrogen) atoms. The lowest BCUT2D eigenvalue weighted by molar-refractivity contribution is -0.140. The molecule has 0 saturated heterocycles. The van der Waals surface area contributed by atoms with Crippen LogP contribution in [0.2, 0.25) is 0 Å². The van der Waals surface area contributed by atoms with Crippen LogP contribution in [0, 0.1) is 58.2 Å². The van der Waals surface area contributed by atoms with E-state index in [-0.39, 0.29) is 0 Å². The van der Waals surface area contributed by atoms with Crippen molar-refractivity contribution in [3.63, 3.8) is 0 Å². The van der Waals surface area contributed by atoms with Gasteiger partial charge in [0, 0.05) is 12.8 Å². The monoisotopic (exact) mass is 414 g/mol. The number of hydrogen-bond donors (Lipinski definition) is 0. The molecule has 172 valence electrons. The highest BCUT2D eigenvalue weighted by atomic mass is 16.1. The minimum atomic E-state index is 0.466. The van der Waals surface area contributed by atoms with Crippen molar-refractivity contribution >= 4 is 5.78 Å². The number of carbonyl (C=O) groups excluding carboxylic acids is 1. The summed E-state index contributed by atoms with van der Waals surface area (Å²) in [5.41, 5.74) is 1.06. The van der Waals surface area contributed by atoms with Gasteiger partial charge in [-0.2, -0.15) is 0 Å². The Morgan fingerprint density at radius 2 is 1.63 bits per heavy atom. The lowest BCUT2D eigenvalue weighted by atomic mass is 9.44. The molecule has 4 aliphatic rings. The molecule has 0 aliphatic heterocycles. The van der Waals surface area contributed by atoms with E-state index in [0.29, 0.717) is 22.5 Å².